The van der Waals surface area contributed by atoms with E-state index in [1.807, 2.05) is 32.9 Å². The SMILES string of the molecule is CCCCOP(=O)(OCCCC)C(C)C(=O)Oc1ccc(C)cc1C(C)(C)C. The zero-order valence-corrected chi connectivity index (χ0v) is 19.4. The number of esters is 1. The molecule has 1 unspecified atom stereocenters. The number of ether oxygens (including phenoxy) is 1. The second kappa shape index (κ2) is 11.1. The van der Waals surface area contributed by atoms with Crippen LogP contribution in [0.2, 0.25) is 0 Å². The molecule has 0 aliphatic rings. The van der Waals surface area contributed by atoms with Crippen molar-refractivity contribution in [1.82, 2.24) is 0 Å². The zero-order chi connectivity index (χ0) is 21.4. The van der Waals surface area contributed by atoms with E-state index in [9.17, 15) is 9.36 Å². The van der Waals surface area contributed by atoms with Gasteiger partial charge >= 0.3 is 13.6 Å². The molecule has 0 saturated carbocycles. The molecule has 5 nitrogen and oxygen atoms in total. The molecular weight excluding hydrogens is 375 g/mol. The first-order valence-corrected chi connectivity index (χ1v) is 11.9. The molecule has 6 heteroatoms. The van der Waals surface area contributed by atoms with Crippen molar-refractivity contribution in [3.8, 4) is 5.75 Å². The minimum absolute atomic E-state index is 0.191. The first-order chi connectivity index (χ1) is 13.0. The van der Waals surface area contributed by atoms with Crippen LogP contribution in [0.3, 0.4) is 0 Å². The standard InChI is InChI=1S/C22H37O5P/c1-8-10-14-25-28(24,26-15-11-9-2)18(4)21(23)27-20-13-12-17(3)16-19(20)22(5,6)7/h12-13,16,18H,8-11,14-15H2,1-7H3. The number of hydrogen-bond acceptors (Lipinski definition) is 5. The average Bonchev–Trinajstić information content (AvgIpc) is 2.62. The fourth-order valence-corrected chi connectivity index (χ4v) is 4.17. The summed E-state index contributed by atoms with van der Waals surface area (Å²) in [5, 5.41) is 0. The van der Waals surface area contributed by atoms with Crippen LogP contribution in [-0.4, -0.2) is 24.8 Å². The molecule has 1 aromatic carbocycles. The van der Waals surface area contributed by atoms with Crippen molar-refractivity contribution in [3.05, 3.63) is 29.3 Å². The molecule has 0 heterocycles. The van der Waals surface area contributed by atoms with E-state index in [0.717, 1.165) is 36.8 Å². The smallest absolute Gasteiger partial charge is 0.344 e. The van der Waals surface area contributed by atoms with Gasteiger partial charge in [-0.15, -0.1) is 0 Å². The molecule has 1 aromatic rings. The van der Waals surface area contributed by atoms with Gasteiger partial charge in [0, 0.05) is 5.56 Å². The molecule has 160 valence electrons. The molecule has 0 aliphatic heterocycles. The predicted octanol–water partition coefficient (Wildman–Crippen LogP) is 6.41. The maximum Gasteiger partial charge on any atom is 0.344 e. The van der Waals surface area contributed by atoms with Crippen LogP contribution in [-0.2, 0) is 23.8 Å². The number of rotatable bonds is 11. The Hall–Kier alpha value is -1.16. The highest BCUT2D eigenvalue weighted by atomic mass is 31.2. The summed E-state index contributed by atoms with van der Waals surface area (Å²) in [6.45, 7) is 14.4. The Bertz CT molecular complexity index is 664. The molecule has 0 bridgehead atoms. The molecule has 0 saturated heterocycles. The molecule has 0 aromatic heterocycles. The summed E-state index contributed by atoms with van der Waals surface area (Å²) in [5.41, 5.74) is 0.843. The van der Waals surface area contributed by atoms with Crippen LogP contribution in [0.15, 0.2) is 18.2 Å². The quantitative estimate of drug-likeness (QED) is 0.182. The van der Waals surface area contributed by atoms with E-state index in [-0.39, 0.29) is 5.41 Å². The van der Waals surface area contributed by atoms with Crippen LogP contribution in [0.5, 0.6) is 5.75 Å². The van der Waals surface area contributed by atoms with Gasteiger partial charge in [-0.25, -0.2) is 0 Å². The summed E-state index contributed by atoms with van der Waals surface area (Å²) in [4.78, 5) is 12.8. The molecule has 0 aliphatic carbocycles. The normalized spacial score (nSPS) is 13.4. The lowest BCUT2D eigenvalue weighted by atomic mass is 9.85. The summed E-state index contributed by atoms with van der Waals surface area (Å²) < 4.78 is 30.1. The number of hydrogen-bond donors (Lipinski definition) is 0. The molecule has 0 fully saturated rings. The summed E-state index contributed by atoms with van der Waals surface area (Å²) in [5.74, 6) is -0.103. The van der Waals surface area contributed by atoms with Crippen LogP contribution in [0.25, 0.3) is 0 Å². The fourth-order valence-electron chi connectivity index (χ4n) is 2.57. The van der Waals surface area contributed by atoms with Gasteiger partial charge in [-0.2, -0.15) is 0 Å². The lowest BCUT2D eigenvalue weighted by molar-refractivity contribution is -0.134. The minimum atomic E-state index is -3.60. The average molecular weight is 413 g/mol. The Balaban J connectivity index is 3.02. The highest BCUT2D eigenvalue weighted by Crippen LogP contribution is 2.53. The third-order valence-electron chi connectivity index (χ3n) is 4.51. The third-order valence-corrected chi connectivity index (χ3v) is 6.75. The molecule has 0 amide bonds. The van der Waals surface area contributed by atoms with Crippen molar-refractivity contribution >= 4 is 13.6 Å². The monoisotopic (exact) mass is 412 g/mol. The van der Waals surface area contributed by atoms with Gasteiger partial charge in [-0.1, -0.05) is 65.2 Å². The predicted molar refractivity (Wildman–Crippen MR) is 114 cm³/mol. The van der Waals surface area contributed by atoms with Crippen LogP contribution in [0.4, 0.5) is 0 Å². The first kappa shape index (κ1) is 24.9. The van der Waals surface area contributed by atoms with Crippen molar-refractivity contribution in [2.45, 2.75) is 85.2 Å². The van der Waals surface area contributed by atoms with E-state index in [2.05, 4.69) is 20.8 Å². The minimum Gasteiger partial charge on any atom is -0.426 e. The molecule has 0 spiro atoms. The first-order valence-electron chi connectivity index (χ1n) is 10.3. The highest BCUT2D eigenvalue weighted by Gasteiger charge is 2.39. The van der Waals surface area contributed by atoms with Gasteiger partial charge in [0.25, 0.3) is 0 Å². The zero-order valence-electron chi connectivity index (χ0n) is 18.5. The van der Waals surface area contributed by atoms with E-state index in [4.69, 9.17) is 13.8 Å². The van der Waals surface area contributed by atoms with Gasteiger partial charge < -0.3 is 13.8 Å². The van der Waals surface area contributed by atoms with Gasteiger partial charge in [-0.05, 0) is 38.2 Å². The summed E-state index contributed by atoms with van der Waals surface area (Å²) >= 11 is 0. The largest absolute Gasteiger partial charge is 0.426 e. The number of benzene rings is 1. The van der Waals surface area contributed by atoms with Crippen molar-refractivity contribution in [1.29, 1.82) is 0 Å². The van der Waals surface area contributed by atoms with Crippen LogP contribution >= 0.6 is 7.60 Å². The number of carbonyl (C=O) groups is 1. The van der Waals surface area contributed by atoms with Crippen LogP contribution in [0, 0.1) is 6.92 Å². The lowest BCUT2D eigenvalue weighted by Gasteiger charge is -2.26. The highest BCUT2D eigenvalue weighted by molar-refractivity contribution is 7.55. The maximum absolute atomic E-state index is 13.3. The Morgan fingerprint density at radius 1 is 1.07 bits per heavy atom. The van der Waals surface area contributed by atoms with Crippen molar-refractivity contribution in [2.75, 3.05) is 13.2 Å². The van der Waals surface area contributed by atoms with Crippen molar-refractivity contribution < 1.29 is 23.1 Å². The Morgan fingerprint density at radius 2 is 1.61 bits per heavy atom. The lowest BCUT2D eigenvalue weighted by Crippen LogP contribution is -2.27. The molecule has 0 radical (unpaired) electrons. The summed E-state index contributed by atoms with van der Waals surface area (Å²) in [6, 6.07) is 5.71. The number of aryl methyl sites for hydroxylation is 1. The van der Waals surface area contributed by atoms with Gasteiger partial charge in [0.2, 0.25) is 0 Å². The second-order valence-electron chi connectivity index (χ2n) is 8.26. The molecule has 28 heavy (non-hydrogen) atoms. The molecular formula is C22H37O5P. The van der Waals surface area contributed by atoms with Gasteiger partial charge in [-0.3, -0.25) is 9.36 Å². The number of unbranched alkanes of at least 4 members (excludes halogenated alkanes) is 2. The van der Waals surface area contributed by atoms with Gasteiger partial charge in [0.15, 0.2) is 5.66 Å². The van der Waals surface area contributed by atoms with Crippen molar-refractivity contribution in [2.24, 2.45) is 0 Å². The molecule has 1 atom stereocenters. The van der Waals surface area contributed by atoms with Crippen LogP contribution < -0.4 is 4.74 Å². The van der Waals surface area contributed by atoms with E-state index in [1.54, 1.807) is 13.0 Å². The Morgan fingerprint density at radius 3 is 2.07 bits per heavy atom. The Kier molecular flexibility index (Phi) is 9.89. The van der Waals surface area contributed by atoms with Crippen molar-refractivity contribution in [3.63, 3.8) is 0 Å². The van der Waals surface area contributed by atoms with E-state index >= 15 is 0 Å². The number of carbonyl (C=O) groups excluding carboxylic acids is 1. The topological polar surface area (TPSA) is 61.8 Å². The van der Waals surface area contributed by atoms with Gasteiger partial charge in [0.1, 0.15) is 5.75 Å². The van der Waals surface area contributed by atoms with Gasteiger partial charge in [0.05, 0.1) is 13.2 Å². The van der Waals surface area contributed by atoms with E-state index in [1.165, 1.54) is 0 Å². The fraction of sp³-hybridized carbons (Fsp3) is 0.682. The second-order valence-corrected chi connectivity index (χ2v) is 10.6. The molecule has 0 N–H and O–H groups in total. The maximum atomic E-state index is 13.3. The van der Waals surface area contributed by atoms with Crippen LogP contribution in [0.1, 0.15) is 78.4 Å². The third kappa shape index (κ3) is 7.35. The van der Waals surface area contributed by atoms with E-state index in [0.29, 0.717) is 19.0 Å². The Labute approximate surface area is 170 Å². The van der Waals surface area contributed by atoms with E-state index < -0.39 is 19.2 Å². The summed E-state index contributed by atoms with van der Waals surface area (Å²) in [7, 11) is -3.60. The summed E-state index contributed by atoms with van der Waals surface area (Å²) in [6.07, 6.45) is 3.34. The molecule has 1 rings (SSSR count).